The van der Waals surface area contributed by atoms with Crippen LogP contribution in [0.2, 0.25) is 0 Å². The van der Waals surface area contributed by atoms with Crippen molar-refractivity contribution >= 4 is 5.78 Å². The van der Waals surface area contributed by atoms with Gasteiger partial charge in [-0.2, -0.15) is 0 Å². The van der Waals surface area contributed by atoms with Gasteiger partial charge in [0, 0.05) is 26.6 Å². The highest BCUT2D eigenvalue weighted by molar-refractivity contribution is 5.79. The Morgan fingerprint density at radius 2 is 2.50 bits per heavy atom. The Balaban J connectivity index is 2.25. The lowest BCUT2D eigenvalue weighted by atomic mass is 9.89. The van der Waals surface area contributed by atoms with E-state index in [1.165, 1.54) is 6.42 Å². The summed E-state index contributed by atoms with van der Waals surface area (Å²) < 4.78 is 4.98. The quantitative estimate of drug-likeness (QED) is 0.582. The molecular weight excluding hydrogens is 128 g/mol. The van der Waals surface area contributed by atoms with E-state index in [0.717, 1.165) is 25.9 Å². The fourth-order valence-corrected chi connectivity index (χ4v) is 1.49. The SMILES string of the molecule is COC[C@H]1CCCC(=O)C1. The summed E-state index contributed by atoms with van der Waals surface area (Å²) in [5, 5.41) is 0. The lowest BCUT2D eigenvalue weighted by molar-refractivity contribution is -0.122. The second-order valence-electron chi connectivity index (χ2n) is 2.96. The molecule has 0 bridgehead atoms. The third-order valence-electron chi connectivity index (χ3n) is 1.99. The number of hydrogen-bond acceptors (Lipinski definition) is 2. The van der Waals surface area contributed by atoms with Crippen LogP contribution in [-0.2, 0) is 9.53 Å². The Kier molecular flexibility index (Phi) is 2.87. The monoisotopic (exact) mass is 142 g/mol. The van der Waals surface area contributed by atoms with Gasteiger partial charge in [-0.15, -0.1) is 0 Å². The van der Waals surface area contributed by atoms with Crippen LogP contribution in [0.4, 0.5) is 0 Å². The van der Waals surface area contributed by atoms with Crippen LogP contribution in [0.5, 0.6) is 0 Å². The Hall–Kier alpha value is -0.370. The maximum Gasteiger partial charge on any atom is 0.133 e. The van der Waals surface area contributed by atoms with Gasteiger partial charge >= 0.3 is 0 Å². The largest absolute Gasteiger partial charge is 0.384 e. The lowest BCUT2D eigenvalue weighted by Gasteiger charge is -2.19. The normalized spacial score (nSPS) is 26.9. The molecule has 0 spiro atoms. The minimum absolute atomic E-state index is 0.410. The maximum absolute atomic E-state index is 10.9. The summed E-state index contributed by atoms with van der Waals surface area (Å²) in [4.78, 5) is 10.9. The van der Waals surface area contributed by atoms with Crippen molar-refractivity contribution in [2.24, 2.45) is 5.92 Å². The van der Waals surface area contributed by atoms with Crippen LogP contribution >= 0.6 is 0 Å². The van der Waals surface area contributed by atoms with Gasteiger partial charge in [0.05, 0.1) is 0 Å². The number of rotatable bonds is 2. The Bertz CT molecular complexity index is 118. The van der Waals surface area contributed by atoms with Gasteiger partial charge in [0.15, 0.2) is 0 Å². The Morgan fingerprint density at radius 1 is 1.70 bits per heavy atom. The van der Waals surface area contributed by atoms with Gasteiger partial charge in [-0.25, -0.2) is 0 Å². The fraction of sp³-hybridized carbons (Fsp3) is 0.875. The molecule has 0 amide bonds. The minimum Gasteiger partial charge on any atom is -0.384 e. The van der Waals surface area contributed by atoms with E-state index in [2.05, 4.69) is 0 Å². The molecule has 1 fully saturated rings. The molecule has 1 aliphatic rings. The number of hydrogen-bond donors (Lipinski definition) is 0. The molecule has 58 valence electrons. The van der Waals surface area contributed by atoms with Crippen molar-refractivity contribution in [3.8, 4) is 0 Å². The number of carbonyl (C=O) groups is 1. The smallest absolute Gasteiger partial charge is 0.133 e. The molecule has 1 aliphatic carbocycles. The van der Waals surface area contributed by atoms with Crippen molar-refractivity contribution in [3.63, 3.8) is 0 Å². The average Bonchev–Trinajstić information content (AvgIpc) is 1.88. The molecular formula is C8H14O2. The van der Waals surface area contributed by atoms with Gasteiger partial charge in [0.2, 0.25) is 0 Å². The van der Waals surface area contributed by atoms with Crippen molar-refractivity contribution < 1.29 is 9.53 Å². The van der Waals surface area contributed by atoms with E-state index in [1.54, 1.807) is 7.11 Å². The first-order chi connectivity index (χ1) is 4.83. The second-order valence-corrected chi connectivity index (χ2v) is 2.96. The molecule has 0 aromatic heterocycles. The second kappa shape index (κ2) is 3.71. The molecule has 1 rings (SSSR count). The molecule has 2 nitrogen and oxygen atoms in total. The van der Waals surface area contributed by atoms with Gasteiger partial charge in [0.1, 0.15) is 5.78 Å². The van der Waals surface area contributed by atoms with Crippen molar-refractivity contribution in [1.82, 2.24) is 0 Å². The molecule has 0 unspecified atom stereocenters. The number of carbonyl (C=O) groups excluding carboxylic acids is 1. The summed E-state index contributed by atoms with van der Waals surface area (Å²) in [6.07, 6.45) is 3.76. The Labute approximate surface area is 61.6 Å². The molecule has 0 aliphatic heterocycles. The summed E-state index contributed by atoms with van der Waals surface area (Å²) in [5.41, 5.74) is 0. The molecule has 2 heteroatoms. The minimum atomic E-state index is 0.410. The molecule has 0 aromatic rings. The van der Waals surface area contributed by atoms with Gasteiger partial charge < -0.3 is 4.74 Å². The predicted octanol–water partition coefficient (Wildman–Crippen LogP) is 1.39. The van der Waals surface area contributed by atoms with Gasteiger partial charge in [-0.1, -0.05) is 0 Å². The number of ketones is 1. The zero-order valence-corrected chi connectivity index (χ0v) is 6.43. The first-order valence-corrected chi connectivity index (χ1v) is 3.83. The number of methoxy groups -OCH3 is 1. The van der Waals surface area contributed by atoms with E-state index in [4.69, 9.17) is 4.74 Å². The van der Waals surface area contributed by atoms with E-state index >= 15 is 0 Å². The van der Waals surface area contributed by atoms with Gasteiger partial charge in [-0.3, -0.25) is 4.79 Å². The number of ether oxygens (including phenoxy) is 1. The highest BCUT2D eigenvalue weighted by Gasteiger charge is 2.18. The molecule has 0 saturated heterocycles. The van der Waals surface area contributed by atoms with Crippen LogP contribution in [0, 0.1) is 5.92 Å². The van der Waals surface area contributed by atoms with Crippen LogP contribution in [-0.4, -0.2) is 19.5 Å². The van der Waals surface area contributed by atoms with Crippen LogP contribution in [0.25, 0.3) is 0 Å². The zero-order valence-electron chi connectivity index (χ0n) is 6.43. The summed E-state index contributed by atoms with van der Waals surface area (Å²) in [6, 6.07) is 0. The van der Waals surface area contributed by atoms with Gasteiger partial charge in [0.25, 0.3) is 0 Å². The highest BCUT2D eigenvalue weighted by atomic mass is 16.5. The zero-order chi connectivity index (χ0) is 7.40. The summed E-state index contributed by atoms with van der Waals surface area (Å²) >= 11 is 0. The van der Waals surface area contributed by atoms with E-state index in [-0.39, 0.29) is 0 Å². The standard InChI is InChI=1S/C8H14O2/c1-10-6-7-3-2-4-8(9)5-7/h7H,2-6H2,1H3/t7-/m0/s1. The van der Waals surface area contributed by atoms with Crippen molar-refractivity contribution in [3.05, 3.63) is 0 Å². The molecule has 0 N–H and O–H groups in total. The summed E-state index contributed by atoms with van der Waals surface area (Å²) in [6.45, 7) is 0.756. The van der Waals surface area contributed by atoms with Crippen LogP contribution in [0.1, 0.15) is 25.7 Å². The van der Waals surface area contributed by atoms with E-state index in [0.29, 0.717) is 11.7 Å². The first kappa shape index (κ1) is 7.73. The van der Waals surface area contributed by atoms with Crippen molar-refractivity contribution in [1.29, 1.82) is 0 Å². The predicted molar refractivity (Wildman–Crippen MR) is 38.8 cm³/mol. The Morgan fingerprint density at radius 3 is 3.10 bits per heavy atom. The third-order valence-corrected chi connectivity index (χ3v) is 1.99. The average molecular weight is 142 g/mol. The summed E-state index contributed by atoms with van der Waals surface area (Å²) in [5.74, 6) is 0.916. The highest BCUT2D eigenvalue weighted by Crippen LogP contribution is 2.20. The van der Waals surface area contributed by atoms with E-state index in [1.807, 2.05) is 0 Å². The van der Waals surface area contributed by atoms with Crippen LogP contribution in [0.15, 0.2) is 0 Å². The fourth-order valence-electron chi connectivity index (χ4n) is 1.49. The number of Topliss-reactive ketones (excluding diaryl/α,β-unsaturated/α-hetero) is 1. The summed E-state index contributed by atoms with van der Waals surface area (Å²) in [7, 11) is 1.69. The topological polar surface area (TPSA) is 26.3 Å². The molecule has 10 heavy (non-hydrogen) atoms. The maximum atomic E-state index is 10.9. The first-order valence-electron chi connectivity index (χ1n) is 3.83. The molecule has 0 aromatic carbocycles. The van der Waals surface area contributed by atoms with E-state index < -0.39 is 0 Å². The van der Waals surface area contributed by atoms with Crippen molar-refractivity contribution in [2.75, 3.05) is 13.7 Å². The lowest BCUT2D eigenvalue weighted by Crippen LogP contribution is -2.18. The third kappa shape index (κ3) is 2.10. The molecule has 0 radical (unpaired) electrons. The van der Waals surface area contributed by atoms with Crippen LogP contribution < -0.4 is 0 Å². The molecule has 0 heterocycles. The van der Waals surface area contributed by atoms with Gasteiger partial charge in [-0.05, 0) is 18.8 Å². The van der Waals surface area contributed by atoms with Crippen molar-refractivity contribution in [2.45, 2.75) is 25.7 Å². The molecule has 1 atom stereocenters. The molecule has 1 saturated carbocycles. The van der Waals surface area contributed by atoms with Crippen LogP contribution in [0.3, 0.4) is 0 Å². The van der Waals surface area contributed by atoms with E-state index in [9.17, 15) is 4.79 Å².